The van der Waals surface area contributed by atoms with Crippen LogP contribution in [0.4, 0.5) is 4.79 Å². The van der Waals surface area contributed by atoms with Crippen LogP contribution in [0.15, 0.2) is 22.9 Å². The van der Waals surface area contributed by atoms with Crippen LogP contribution in [0.25, 0.3) is 5.52 Å². The lowest BCUT2D eigenvalue weighted by Gasteiger charge is -2.39. The zero-order chi connectivity index (χ0) is 16.8. The summed E-state index contributed by atoms with van der Waals surface area (Å²) in [6, 6.07) is 1.93. The van der Waals surface area contributed by atoms with Gasteiger partial charge in [-0.1, -0.05) is 0 Å². The number of hydrogen-bond donors (Lipinski definition) is 0. The lowest BCUT2D eigenvalue weighted by Crippen LogP contribution is -2.57. The summed E-state index contributed by atoms with van der Waals surface area (Å²) < 4.78 is 14.3. The molecule has 0 spiro atoms. The van der Waals surface area contributed by atoms with Crippen LogP contribution in [-0.2, 0) is 4.74 Å². The zero-order valence-corrected chi connectivity index (χ0v) is 15.3. The van der Waals surface area contributed by atoms with Crippen molar-refractivity contribution in [2.24, 2.45) is 0 Å². The molecule has 1 amide bonds. The van der Waals surface area contributed by atoms with Crippen LogP contribution in [0, 0.1) is 6.92 Å². The molecule has 0 unspecified atom stereocenters. The van der Waals surface area contributed by atoms with Crippen molar-refractivity contribution in [2.45, 2.75) is 39.4 Å². The quantitative estimate of drug-likeness (QED) is 0.799. The summed E-state index contributed by atoms with van der Waals surface area (Å²) in [6.45, 7) is 8.63. The first-order valence-corrected chi connectivity index (χ1v) is 8.30. The SMILES string of the molecule is Cc1cncc2c(Br)cc(OC3CN(C(=O)OC(C)(C)C)C3)n12. The number of carbonyl (C=O) groups excluding carboxylic acids is 1. The van der Waals surface area contributed by atoms with Crippen LogP contribution in [0.3, 0.4) is 0 Å². The molecule has 1 saturated heterocycles. The van der Waals surface area contributed by atoms with Crippen LogP contribution in [0.2, 0.25) is 0 Å². The van der Waals surface area contributed by atoms with Gasteiger partial charge in [0.05, 0.1) is 24.8 Å². The molecule has 0 saturated carbocycles. The Bertz CT molecular complexity index is 745. The lowest BCUT2D eigenvalue weighted by atomic mass is 10.2. The summed E-state index contributed by atoms with van der Waals surface area (Å²) in [4.78, 5) is 17.8. The Hall–Kier alpha value is -1.76. The number of hydrogen-bond acceptors (Lipinski definition) is 4. The second-order valence-corrected chi connectivity index (χ2v) is 7.58. The highest BCUT2D eigenvalue weighted by Crippen LogP contribution is 2.30. The van der Waals surface area contributed by atoms with E-state index in [-0.39, 0.29) is 12.2 Å². The topological polar surface area (TPSA) is 56.1 Å². The number of amides is 1. The summed E-state index contributed by atoms with van der Waals surface area (Å²) in [6.07, 6.45) is 3.26. The Kier molecular flexibility index (Phi) is 4.00. The van der Waals surface area contributed by atoms with Gasteiger partial charge in [-0.25, -0.2) is 4.79 Å². The molecule has 7 heteroatoms. The molecule has 0 aliphatic carbocycles. The first-order valence-electron chi connectivity index (χ1n) is 7.51. The number of halogens is 1. The van der Waals surface area contributed by atoms with Gasteiger partial charge in [0, 0.05) is 22.4 Å². The molecule has 1 aliphatic rings. The molecule has 3 rings (SSSR count). The third-order valence-electron chi connectivity index (χ3n) is 3.55. The van der Waals surface area contributed by atoms with Gasteiger partial charge in [0.25, 0.3) is 0 Å². The van der Waals surface area contributed by atoms with E-state index < -0.39 is 5.60 Å². The van der Waals surface area contributed by atoms with E-state index in [4.69, 9.17) is 9.47 Å². The van der Waals surface area contributed by atoms with Crippen molar-refractivity contribution < 1.29 is 14.3 Å². The maximum atomic E-state index is 11.9. The average Bonchev–Trinajstić information content (AvgIpc) is 2.69. The standard InChI is InChI=1S/C16H20BrN3O3/c1-10-6-18-7-13-12(17)5-14(20(10)13)22-11-8-19(9-11)15(21)23-16(2,3)4/h5-7,11H,8-9H2,1-4H3. The fraction of sp³-hybridized carbons (Fsp3) is 0.500. The molecule has 0 bridgehead atoms. The Morgan fingerprint density at radius 2 is 2.04 bits per heavy atom. The Labute approximate surface area is 143 Å². The fourth-order valence-electron chi connectivity index (χ4n) is 2.47. The van der Waals surface area contributed by atoms with Crippen molar-refractivity contribution in [3.63, 3.8) is 0 Å². The number of aryl methyl sites for hydroxylation is 1. The molecule has 0 radical (unpaired) electrons. The predicted molar refractivity (Wildman–Crippen MR) is 89.9 cm³/mol. The number of rotatable bonds is 2. The van der Waals surface area contributed by atoms with Gasteiger partial charge < -0.3 is 14.4 Å². The summed E-state index contributed by atoms with van der Waals surface area (Å²) in [7, 11) is 0. The minimum Gasteiger partial charge on any atom is -0.471 e. The molecule has 2 aromatic rings. The van der Waals surface area contributed by atoms with Gasteiger partial charge in [0.15, 0.2) is 5.88 Å². The molecule has 0 aromatic carbocycles. The first kappa shape index (κ1) is 16.1. The highest BCUT2D eigenvalue weighted by atomic mass is 79.9. The fourth-order valence-corrected chi connectivity index (χ4v) is 2.95. The maximum absolute atomic E-state index is 11.9. The molecule has 1 aliphatic heterocycles. The van der Waals surface area contributed by atoms with Crippen molar-refractivity contribution >= 4 is 27.5 Å². The van der Waals surface area contributed by atoms with Crippen molar-refractivity contribution in [1.82, 2.24) is 14.3 Å². The number of aromatic nitrogens is 2. The second-order valence-electron chi connectivity index (χ2n) is 6.72. The highest BCUT2D eigenvalue weighted by molar-refractivity contribution is 9.10. The minimum absolute atomic E-state index is 0.0277. The molecule has 23 heavy (non-hydrogen) atoms. The van der Waals surface area contributed by atoms with E-state index >= 15 is 0 Å². The van der Waals surface area contributed by atoms with Gasteiger partial charge in [0.1, 0.15) is 11.7 Å². The Morgan fingerprint density at radius 3 is 2.70 bits per heavy atom. The molecule has 3 heterocycles. The molecular formula is C16H20BrN3O3. The second kappa shape index (κ2) is 5.70. The highest BCUT2D eigenvalue weighted by Gasteiger charge is 2.35. The van der Waals surface area contributed by atoms with Crippen LogP contribution in [0.5, 0.6) is 5.88 Å². The molecule has 1 fully saturated rings. The van der Waals surface area contributed by atoms with Crippen molar-refractivity contribution in [1.29, 1.82) is 0 Å². The van der Waals surface area contributed by atoms with Gasteiger partial charge >= 0.3 is 6.09 Å². The predicted octanol–water partition coefficient (Wildman–Crippen LogP) is 3.40. The smallest absolute Gasteiger partial charge is 0.410 e. The van der Waals surface area contributed by atoms with Crippen LogP contribution < -0.4 is 4.74 Å². The summed E-state index contributed by atoms with van der Waals surface area (Å²) in [5.74, 6) is 0.751. The molecule has 2 aromatic heterocycles. The van der Waals surface area contributed by atoms with E-state index in [0.717, 1.165) is 21.6 Å². The van der Waals surface area contributed by atoms with E-state index in [1.807, 2.05) is 38.2 Å². The summed E-state index contributed by atoms with van der Waals surface area (Å²) in [5, 5.41) is 0. The molecule has 0 atom stereocenters. The van der Waals surface area contributed by atoms with Crippen LogP contribution >= 0.6 is 15.9 Å². The monoisotopic (exact) mass is 381 g/mol. The zero-order valence-electron chi connectivity index (χ0n) is 13.7. The van der Waals surface area contributed by atoms with E-state index in [0.29, 0.717) is 13.1 Å². The number of likely N-dealkylation sites (tertiary alicyclic amines) is 1. The number of ether oxygens (including phenoxy) is 2. The molecule has 124 valence electrons. The van der Waals surface area contributed by atoms with Crippen LogP contribution in [-0.4, -0.2) is 45.2 Å². The molecular weight excluding hydrogens is 362 g/mol. The van der Waals surface area contributed by atoms with E-state index in [1.54, 1.807) is 17.3 Å². The lowest BCUT2D eigenvalue weighted by molar-refractivity contribution is -0.0234. The van der Waals surface area contributed by atoms with Crippen molar-refractivity contribution in [2.75, 3.05) is 13.1 Å². The van der Waals surface area contributed by atoms with Crippen molar-refractivity contribution in [3.05, 3.63) is 28.6 Å². The normalized spacial score (nSPS) is 15.6. The molecule has 6 nitrogen and oxygen atoms in total. The Morgan fingerprint density at radius 1 is 1.35 bits per heavy atom. The largest absolute Gasteiger partial charge is 0.471 e. The number of fused-ring (bicyclic) bond motifs is 1. The summed E-state index contributed by atoms with van der Waals surface area (Å²) >= 11 is 3.52. The Balaban J connectivity index is 1.66. The van der Waals surface area contributed by atoms with Gasteiger partial charge in [-0.2, -0.15) is 0 Å². The van der Waals surface area contributed by atoms with Gasteiger partial charge in [0.2, 0.25) is 0 Å². The molecule has 0 N–H and O–H groups in total. The maximum Gasteiger partial charge on any atom is 0.410 e. The average molecular weight is 382 g/mol. The van der Waals surface area contributed by atoms with Gasteiger partial charge in [-0.3, -0.25) is 9.38 Å². The third-order valence-corrected chi connectivity index (χ3v) is 4.19. The first-order chi connectivity index (χ1) is 10.7. The van der Waals surface area contributed by atoms with E-state index in [1.165, 1.54) is 0 Å². The number of carbonyl (C=O) groups is 1. The van der Waals surface area contributed by atoms with Gasteiger partial charge in [-0.15, -0.1) is 0 Å². The van der Waals surface area contributed by atoms with Crippen LogP contribution in [0.1, 0.15) is 26.5 Å². The van der Waals surface area contributed by atoms with Crippen molar-refractivity contribution in [3.8, 4) is 5.88 Å². The van der Waals surface area contributed by atoms with Gasteiger partial charge in [-0.05, 0) is 43.6 Å². The third kappa shape index (κ3) is 3.29. The number of nitrogens with zero attached hydrogens (tertiary/aromatic N) is 3. The summed E-state index contributed by atoms with van der Waals surface area (Å²) in [5.41, 5.74) is 1.48. The van der Waals surface area contributed by atoms with E-state index in [9.17, 15) is 4.79 Å². The van der Waals surface area contributed by atoms with E-state index in [2.05, 4.69) is 20.9 Å². The minimum atomic E-state index is -0.476.